The van der Waals surface area contributed by atoms with Crippen molar-refractivity contribution < 1.29 is 4.74 Å². The third-order valence-corrected chi connectivity index (χ3v) is 3.32. The lowest BCUT2D eigenvalue weighted by atomic mass is 9.97. The molecule has 0 saturated heterocycles. The molecule has 0 aliphatic heterocycles. The first-order valence-corrected chi connectivity index (χ1v) is 6.38. The second-order valence-electron chi connectivity index (χ2n) is 4.94. The highest BCUT2D eigenvalue weighted by atomic mass is 16.5. The van der Waals surface area contributed by atoms with Crippen LogP contribution >= 0.6 is 0 Å². The molecule has 2 unspecified atom stereocenters. The maximum absolute atomic E-state index is 5.33. The van der Waals surface area contributed by atoms with Crippen molar-refractivity contribution in [2.75, 3.05) is 14.2 Å². The van der Waals surface area contributed by atoms with Gasteiger partial charge in [0.25, 0.3) is 0 Å². The second-order valence-corrected chi connectivity index (χ2v) is 4.94. The van der Waals surface area contributed by atoms with Gasteiger partial charge in [-0.1, -0.05) is 38.1 Å². The summed E-state index contributed by atoms with van der Waals surface area (Å²) in [7, 11) is 3.77. The van der Waals surface area contributed by atoms with Gasteiger partial charge in [-0.2, -0.15) is 0 Å². The Hall–Kier alpha value is -0.860. The van der Waals surface area contributed by atoms with Gasteiger partial charge in [0.2, 0.25) is 0 Å². The molecule has 0 saturated carbocycles. The van der Waals surface area contributed by atoms with Crippen molar-refractivity contribution in [3.63, 3.8) is 0 Å². The van der Waals surface area contributed by atoms with Crippen molar-refractivity contribution >= 4 is 0 Å². The summed E-state index contributed by atoms with van der Waals surface area (Å²) >= 11 is 0. The lowest BCUT2D eigenvalue weighted by Gasteiger charge is -2.20. The molecule has 2 atom stereocenters. The zero-order valence-electron chi connectivity index (χ0n) is 11.7. The standard InChI is InChI=1S/C15H25NO/c1-11(2)13-6-8-14(9-7-13)15(16-4)10-12(3)17-5/h6-9,11-12,15-16H,10H2,1-5H3. The first kappa shape index (κ1) is 14.2. The fourth-order valence-corrected chi connectivity index (χ4v) is 1.96. The molecule has 2 nitrogen and oxygen atoms in total. The Morgan fingerprint density at radius 1 is 1.06 bits per heavy atom. The lowest BCUT2D eigenvalue weighted by Crippen LogP contribution is -2.21. The maximum Gasteiger partial charge on any atom is 0.0561 e. The Kier molecular flexibility index (Phi) is 5.66. The molecule has 0 aliphatic rings. The van der Waals surface area contributed by atoms with E-state index in [0.29, 0.717) is 12.0 Å². The minimum absolute atomic E-state index is 0.275. The average molecular weight is 235 g/mol. The first-order chi connectivity index (χ1) is 8.08. The number of hydrogen-bond acceptors (Lipinski definition) is 2. The Morgan fingerprint density at radius 2 is 1.59 bits per heavy atom. The van der Waals surface area contributed by atoms with Crippen LogP contribution < -0.4 is 5.32 Å². The van der Waals surface area contributed by atoms with Crippen LogP contribution in [0.25, 0.3) is 0 Å². The van der Waals surface area contributed by atoms with E-state index in [1.54, 1.807) is 7.11 Å². The maximum atomic E-state index is 5.33. The van der Waals surface area contributed by atoms with Crippen LogP contribution in [0.2, 0.25) is 0 Å². The Balaban J connectivity index is 2.75. The number of benzene rings is 1. The van der Waals surface area contributed by atoms with Crippen LogP contribution in [0.5, 0.6) is 0 Å². The van der Waals surface area contributed by atoms with Crippen LogP contribution in [-0.2, 0) is 4.74 Å². The zero-order valence-corrected chi connectivity index (χ0v) is 11.7. The van der Waals surface area contributed by atoms with E-state index in [9.17, 15) is 0 Å². The average Bonchev–Trinajstić information content (AvgIpc) is 2.35. The third kappa shape index (κ3) is 4.14. The van der Waals surface area contributed by atoms with Gasteiger partial charge >= 0.3 is 0 Å². The van der Waals surface area contributed by atoms with Crippen LogP contribution in [0.4, 0.5) is 0 Å². The predicted molar refractivity (Wildman–Crippen MR) is 73.4 cm³/mol. The van der Waals surface area contributed by atoms with E-state index in [1.807, 2.05) is 7.05 Å². The molecule has 0 fully saturated rings. The summed E-state index contributed by atoms with van der Waals surface area (Å²) < 4.78 is 5.33. The van der Waals surface area contributed by atoms with Crippen molar-refractivity contribution in [1.82, 2.24) is 5.32 Å². The van der Waals surface area contributed by atoms with Crippen LogP contribution in [0.3, 0.4) is 0 Å². The molecule has 0 spiro atoms. The summed E-state index contributed by atoms with van der Waals surface area (Å²) in [5.41, 5.74) is 2.73. The SMILES string of the molecule is CNC(CC(C)OC)c1ccc(C(C)C)cc1. The van der Waals surface area contributed by atoms with Gasteiger partial charge < -0.3 is 10.1 Å². The molecule has 1 N–H and O–H groups in total. The normalized spacial score (nSPS) is 14.9. The molecule has 1 rings (SSSR count). The monoisotopic (exact) mass is 235 g/mol. The number of ether oxygens (including phenoxy) is 1. The Bertz CT molecular complexity index is 318. The molecular formula is C15H25NO. The van der Waals surface area contributed by atoms with E-state index >= 15 is 0 Å². The van der Waals surface area contributed by atoms with Crippen LogP contribution in [0.1, 0.15) is 50.3 Å². The minimum Gasteiger partial charge on any atom is -0.382 e. The van der Waals surface area contributed by atoms with Crippen molar-refractivity contribution in [3.05, 3.63) is 35.4 Å². The topological polar surface area (TPSA) is 21.3 Å². The molecule has 1 aromatic carbocycles. The van der Waals surface area contributed by atoms with E-state index in [1.165, 1.54) is 11.1 Å². The molecule has 0 heterocycles. The Labute approximate surface area is 105 Å². The molecule has 96 valence electrons. The Morgan fingerprint density at radius 3 is 2.00 bits per heavy atom. The van der Waals surface area contributed by atoms with Gasteiger partial charge in [0.1, 0.15) is 0 Å². The molecule has 2 heteroatoms. The van der Waals surface area contributed by atoms with E-state index in [2.05, 4.69) is 50.4 Å². The first-order valence-electron chi connectivity index (χ1n) is 6.38. The van der Waals surface area contributed by atoms with Gasteiger partial charge in [-0.3, -0.25) is 0 Å². The summed E-state index contributed by atoms with van der Waals surface area (Å²) in [6, 6.07) is 9.26. The molecule has 0 amide bonds. The summed E-state index contributed by atoms with van der Waals surface area (Å²) in [5, 5.41) is 3.35. The van der Waals surface area contributed by atoms with Crippen LogP contribution in [-0.4, -0.2) is 20.3 Å². The van der Waals surface area contributed by atoms with E-state index in [-0.39, 0.29) is 6.10 Å². The van der Waals surface area contributed by atoms with Crippen molar-refractivity contribution in [2.45, 2.75) is 45.3 Å². The number of hydrogen-bond donors (Lipinski definition) is 1. The lowest BCUT2D eigenvalue weighted by molar-refractivity contribution is 0.101. The smallest absolute Gasteiger partial charge is 0.0561 e. The molecule has 1 aromatic rings. The molecular weight excluding hydrogens is 210 g/mol. The van der Waals surface area contributed by atoms with E-state index in [0.717, 1.165) is 6.42 Å². The van der Waals surface area contributed by atoms with Crippen molar-refractivity contribution in [3.8, 4) is 0 Å². The minimum atomic E-state index is 0.275. The molecule has 0 aliphatic carbocycles. The summed E-state index contributed by atoms with van der Waals surface area (Å²) in [6.45, 7) is 6.54. The summed E-state index contributed by atoms with van der Waals surface area (Å²) in [5.74, 6) is 0.593. The van der Waals surface area contributed by atoms with Gasteiger partial charge in [0.05, 0.1) is 6.10 Å². The third-order valence-electron chi connectivity index (χ3n) is 3.32. The van der Waals surface area contributed by atoms with Gasteiger partial charge in [-0.15, -0.1) is 0 Å². The van der Waals surface area contributed by atoms with Crippen LogP contribution in [0, 0.1) is 0 Å². The predicted octanol–water partition coefficient (Wildman–Crippen LogP) is 3.50. The quantitative estimate of drug-likeness (QED) is 0.815. The molecule has 0 bridgehead atoms. The van der Waals surface area contributed by atoms with Gasteiger partial charge in [0, 0.05) is 13.2 Å². The highest BCUT2D eigenvalue weighted by molar-refractivity contribution is 5.26. The number of rotatable bonds is 6. The highest BCUT2D eigenvalue weighted by Crippen LogP contribution is 2.22. The molecule has 17 heavy (non-hydrogen) atoms. The van der Waals surface area contributed by atoms with Crippen molar-refractivity contribution in [2.24, 2.45) is 0 Å². The van der Waals surface area contributed by atoms with Gasteiger partial charge in [-0.25, -0.2) is 0 Å². The van der Waals surface area contributed by atoms with E-state index in [4.69, 9.17) is 4.74 Å². The largest absolute Gasteiger partial charge is 0.382 e. The van der Waals surface area contributed by atoms with Crippen LogP contribution in [0.15, 0.2) is 24.3 Å². The van der Waals surface area contributed by atoms with Gasteiger partial charge in [-0.05, 0) is 37.4 Å². The van der Waals surface area contributed by atoms with Gasteiger partial charge in [0.15, 0.2) is 0 Å². The van der Waals surface area contributed by atoms with E-state index < -0.39 is 0 Å². The fourth-order valence-electron chi connectivity index (χ4n) is 1.96. The van der Waals surface area contributed by atoms with Crippen molar-refractivity contribution in [1.29, 1.82) is 0 Å². The summed E-state index contributed by atoms with van der Waals surface area (Å²) in [4.78, 5) is 0. The zero-order chi connectivity index (χ0) is 12.8. The summed E-state index contributed by atoms with van der Waals surface area (Å²) in [6.07, 6.45) is 1.27. The fraction of sp³-hybridized carbons (Fsp3) is 0.600. The number of methoxy groups -OCH3 is 1. The molecule has 0 aromatic heterocycles. The number of nitrogens with one attached hydrogen (secondary N) is 1. The highest BCUT2D eigenvalue weighted by Gasteiger charge is 2.13. The second kappa shape index (κ2) is 6.77. The molecule has 0 radical (unpaired) electrons.